The van der Waals surface area contributed by atoms with Gasteiger partial charge in [0.05, 0.1) is 11.9 Å². The van der Waals surface area contributed by atoms with Crippen molar-refractivity contribution in [2.24, 2.45) is 0 Å². The molecule has 10 heavy (non-hydrogen) atoms. The minimum absolute atomic E-state index is 0.316. The molecule has 1 rings (SSSR count). The van der Waals surface area contributed by atoms with Crippen molar-refractivity contribution in [3.63, 3.8) is 0 Å². The number of nitrogens with two attached hydrogens (primary N) is 1. The van der Waals surface area contributed by atoms with Crippen LogP contribution in [0, 0.1) is 0 Å². The van der Waals surface area contributed by atoms with E-state index in [0.29, 0.717) is 19.3 Å². The van der Waals surface area contributed by atoms with Crippen LogP contribution in [0.25, 0.3) is 0 Å². The van der Waals surface area contributed by atoms with Crippen molar-refractivity contribution in [1.29, 1.82) is 0 Å². The molecule has 1 radical (unpaired) electrons. The van der Waals surface area contributed by atoms with Gasteiger partial charge in [-0.3, -0.25) is 0 Å². The molecule has 0 aliphatic heterocycles. The Hall–Kier alpha value is -1.23. The highest BCUT2D eigenvalue weighted by molar-refractivity contribution is 6.17. The lowest BCUT2D eigenvalue weighted by Crippen LogP contribution is -2.01. The molecule has 1 heterocycles. The van der Waals surface area contributed by atoms with E-state index in [4.69, 9.17) is 10.8 Å². The molecule has 3 N–H and O–H groups in total. The Bertz CT molecular complexity index is 201. The van der Waals surface area contributed by atoms with Gasteiger partial charge >= 0.3 is 7.69 Å². The summed E-state index contributed by atoms with van der Waals surface area (Å²) in [4.78, 5) is 3.73. The molecular formula is C5H6BN2O2. The molecule has 1 aromatic heterocycles. The normalized spacial score (nSPS) is 8.90. The van der Waals surface area contributed by atoms with Gasteiger partial charge < -0.3 is 15.4 Å². The van der Waals surface area contributed by atoms with E-state index in [-0.39, 0.29) is 0 Å². The van der Waals surface area contributed by atoms with Crippen molar-refractivity contribution in [2.45, 2.75) is 0 Å². The number of rotatable bonds is 2. The zero-order chi connectivity index (χ0) is 7.40. The summed E-state index contributed by atoms with van der Waals surface area (Å²) in [5.74, 6) is 0.316. The van der Waals surface area contributed by atoms with Crippen LogP contribution >= 0.6 is 0 Å². The van der Waals surface area contributed by atoms with Crippen molar-refractivity contribution < 1.29 is 9.68 Å². The molecule has 1 aromatic rings. The smallest absolute Gasteiger partial charge is 0.523 e. The summed E-state index contributed by atoms with van der Waals surface area (Å²) >= 11 is 0. The molecule has 0 saturated carbocycles. The van der Waals surface area contributed by atoms with E-state index in [1.807, 2.05) is 0 Å². The maximum Gasteiger partial charge on any atom is 0.570 e. The minimum atomic E-state index is 0.316. The molecule has 0 aliphatic rings. The number of aromatic nitrogens is 1. The molecule has 0 amide bonds. The molecule has 4 nitrogen and oxygen atoms in total. The Morgan fingerprint density at radius 3 is 2.90 bits per heavy atom. The second kappa shape index (κ2) is 3.07. The highest BCUT2D eigenvalue weighted by Gasteiger charge is 1.93. The zero-order valence-corrected chi connectivity index (χ0v) is 5.19. The summed E-state index contributed by atoms with van der Waals surface area (Å²) in [6.07, 6.45) is 1.44. The van der Waals surface area contributed by atoms with Gasteiger partial charge in [0.2, 0.25) is 0 Å². The fourth-order valence-electron chi connectivity index (χ4n) is 0.515. The summed E-state index contributed by atoms with van der Waals surface area (Å²) in [5, 5.41) is 8.17. The number of nitrogens with zero attached hydrogens (tertiary/aromatic N) is 1. The van der Waals surface area contributed by atoms with E-state index in [2.05, 4.69) is 9.64 Å². The van der Waals surface area contributed by atoms with Gasteiger partial charge in [0, 0.05) is 6.07 Å². The summed E-state index contributed by atoms with van der Waals surface area (Å²) in [7, 11) is 0.568. The molecule has 0 aliphatic carbocycles. The first-order valence-electron chi connectivity index (χ1n) is 2.67. The van der Waals surface area contributed by atoms with Gasteiger partial charge in [0.15, 0.2) is 5.88 Å². The van der Waals surface area contributed by atoms with Gasteiger partial charge in [-0.25, -0.2) is 4.98 Å². The third kappa shape index (κ3) is 1.63. The minimum Gasteiger partial charge on any atom is -0.523 e. The lowest BCUT2D eigenvalue weighted by atomic mass is 10.4. The average molecular weight is 137 g/mol. The maximum absolute atomic E-state index is 8.17. The van der Waals surface area contributed by atoms with E-state index >= 15 is 0 Å². The topological polar surface area (TPSA) is 68.4 Å². The molecule has 51 valence electrons. The highest BCUT2D eigenvalue weighted by atomic mass is 16.5. The Balaban J connectivity index is 2.69. The predicted molar refractivity (Wildman–Crippen MR) is 37.3 cm³/mol. The van der Waals surface area contributed by atoms with Crippen molar-refractivity contribution in [3.8, 4) is 5.88 Å². The molecule has 0 aromatic carbocycles. The van der Waals surface area contributed by atoms with Crippen LogP contribution in [0.2, 0.25) is 0 Å². The fraction of sp³-hybridized carbons (Fsp3) is 0. The first kappa shape index (κ1) is 6.89. The molecule has 0 fully saturated rings. The van der Waals surface area contributed by atoms with Crippen LogP contribution in [0.4, 0.5) is 5.69 Å². The van der Waals surface area contributed by atoms with Gasteiger partial charge in [-0.05, 0) is 6.07 Å². The largest absolute Gasteiger partial charge is 0.570 e. The van der Waals surface area contributed by atoms with Crippen molar-refractivity contribution in [1.82, 2.24) is 4.98 Å². The number of hydrogen-bond donors (Lipinski definition) is 2. The summed E-state index contributed by atoms with van der Waals surface area (Å²) < 4.78 is 4.52. The van der Waals surface area contributed by atoms with Crippen LogP contribution in [0.15, 0.2) is 18.3 Å². The fourth-order valence-corrected chi connectivity index (χ4v) is 0.515. The lowest BCUT2D eigenvalue weighted by molar-refractivity contribution is 0.443. The van der Waals surface area contributed by atoms with Crippen molar-refractivity contribution >= 4 is 13.4 Å². The second-order valence-electron chi connectivity index (χ2n) is 1.65. The lowest BCUT2D eigenvalue weighted by Gasteiger charge is -1.98. The maximum atomic E-state index is 8.17. The molecular weight excluding hydrogens is 131 g/mol. The molecule has 0 spiro atoms. The van der Waals surface area contributed by atoms with Gasteiger partial charge in [-0.1, -0.05) is 0 Å². The zero-order valence-electron chi connectivity index (χ0n) is 5.19. The van der Waals surface area contributed by atoms with Crippen LogP contribution in [0.5, 0.6) is 5.88 Å². The number of anilines is 1. The summed E-state index contributed by atoms with van der Waals surface area (Å²) in [6.45, 7) is 0. The molecule has 0 bridgehead atoms. The molecule has 5 heteroatoms. The summed E-state index contributed by atoms with van der Waals surface area (Å²) in [6, 6.07) is 3.19. The Morgan fingerprint density at radius 2 is 2.40 bits per heavy atom. The van der Waals surface area contributed by atoms with Crippen LogP contribution in [-0.2, 0) is 0 Å². The number of nitrogen functional groups attached to an aromatic ring is 1. The first-order valence-corrected chi connectivity index (χ1v) is 2.67. The first-order chi connectivity index (χ1) is 4.83. The average Bonchev–Trinajstić information content (AvgIpc) is 1.95. The van der Waals surface area contributed by atoms with Gasteiger partial charge in [-0.2, -0.15) is 0 Å². The van der Waals surface area contributed by atoms with E-state index in [0.717, 1.165) is 0 Å². The van der Waals surface area contributed by atoms with Crippen LogP contribution in [0.3, 0.4) is 0 Å². The van der Waals surface area contributed by atoms with Crippen LogP contribution in [-0.4, -0.2) is 17.7 Å². The Labute approximate surface area is 59.0 Å². The van der Waals surface area contributed by atoms with Crippen LogP contribution in [0.1, 0.15) is 0 Å². The molecule has 0 saturated heterocycles. The SMILES string of the molecule is Nc1ccc(O[B]O)nc1. The Kier molecular flexibility index (Phi) is 2.12. The highest BCUT2D eigenvalue weighted by Crippen LogP contribution is 2.06. The molecule has 0 unspecified atom stereocenters. The number of pyridine rings is 1. The van der Waals surface area contributed by atoms with Crippen molar-refractivity contribution in [3.05, 3.63) is 18.3 Å². The Morgan fingerprint density at radius 1 is 1.60 bits per heavy atom. The third-order valence-corrected chi connectivity index (χ3v) is 0.933. The van der Waals surface area contributed by atoms with Crippen molar-refractivity contribution in [2.75, 3.05) is 5.73 Å². The van der Waals surface area contributed by atoms with Gasteiger partial charge in [-0.15, -0.1) is 0 Å². The van der Waals surface area contributed by atoms with E-state index < -0.39 is 0 Å². The van der Waals surface area contributed by atoms with E-state index in [1.54, 1.807) is 12.1 Å². The van der Waals surface area contributed by atoms with E-state index in [1.165, 1.54) is 6.20 Å². The predicted octanol–water partition coefficient (Wildman–Crippen LogP) is -0.431. The molecule has 0 atom stereocenters. The monoisotopic (exact) mass is 137 g/mol. The van der Waals surface area contributed by atoms with Gasteiger partial charge in [0.1, 0.15) is 0 Å². The van der Waals surface area contributed by atoms with Gasteiger partial charge in [0.25, 0.3) is 0 Å². The van der Waals surface area contributed by atoms with Crippen LogP contribution < -0.4 is 10.4 Å². The third-order valence-electron chi connectivity index (χ3n) is 0.933. The second-order valence-corrected chi connectivity index (χ2v) is 1.65. The number of hydrogen-bond acceptors (Lipinski definition) is 4. The summed E-state index contributed by atoms with van der Waals surface area (Å²) in [5.41, 5.74) is 5.89. The quantitative estimate of drug-likeness (QED) is 0.542. The van der Waals surface area contributed by atoms with E-state index in [9.17, 15) is 0 Å². The standard InChI is InChI=1S/C5H6BN2O2/c7-4-1-2-5(8-3-4)10-6-9/h1-3,9H,7H2.